The standard InChI is InChI=1S/C30H31NO2/c1-22-10-4-5-12-25(22)20-31-21-26(28-15-6-7-16-29(28)31)13-9-17-30(32)23(2)18-24-11-8-14-27(19-24)33-3/h4-8,10-12,14-16,19,21H,2,9,13,17-18,20H2,1,3H3. The van der Waals surface area contributed by atoms with Gasteiger partial charge in [-0.25, -0.2) is 0 Å². The van der Waals surface area contributed by atoms with Crippen molar-refractivity contribution in [2.24, 2.45) is 0 Å². The van der Waals surface area contributed by atoms with Crippen LogP contribution < -0.4 is 4.74 Å². The molecule has 1 heterocycles. The second-order valence-electron chi connectivity index (χ2n) is 8.63. The van der Waals surface area contributed by atoms with Gasteiger partial charge < -0.3 is 9.30 Å². The van der Waals surface area contributed by atoms with E-state index in [9.17, 15) is 4.79 Å². The van der Waals surface area contributed by atoms with Gasteiger partial charge in [-0.15, -0.1) is 0 Å². The monoisotopic (exact) mass is 437 g/mol. The SMILES string of the molecule is C=C(Cc1cccc(OC)c1)C(=O)CCCc1cn(Cc2ccccc2C)c2ccccc12. The molecule has 3 nitrogen and oxygen atoms in total. The molecule has 0 unspecified atom stereocenters. The summed E-state index contributed by atoms with van der Waals surface area (Å²) in [5.74, 6) is 0.941. The molecule has 0 aliphatic rings. The molecule has 0 fully saturated rings. The number of carbonyl (C=O) groups excluding carboxylic acids is 1. The van der Waals surface area contributed by atoms with Crippen LogP contribution in [0.15, 0.2) is 91.1 Å². The van der Waals surface area contributed by atoms with Crippen LogP contribution in [0, 0.1) is 6.92 Å². The maximum Gasteiger partial charge on any atom is 0.158 e. The Morgan fingerprint density at radius 3 is 2.58 bits per heavy atom. The summed E-state index contributed by atoms with van der Waals surface area (Å²) in [6.45, 7) is 7.06. The van der Waals surface area contributed by atoms with Gasteiger partial charge in [0.2, 0.25) is 0 Å². The summed E-state index contributed by atoms with van der Waals surface area (Å²) in [5.41, 5.74) is 6.87. The zero-order chi connectivity index (χ0) is 23.2. The highest BCUT2D eigenvalue weighted by molar-refractivity contribution is 5.95. The largest absolute Gasteiger partial charge is 0.497 e. The van der Waals surface area contributed by atoms with Crippen molar-refractivity contribution in [2.45, 2.75) is 39.2 Å². The first-order valence-electron chi connectivity index (χ1n) is 11.5. The van der Waals surface area contributed by atoms with E-state index in [-0.39, 0.29) is 5.78 Å². The van der Waals surface area contributed by atoms with Gasteiger partial charge in [-0.1, -0.05) is 61.2 Å². The van der Waals surface area contributed by atoms with Crippen molar-refractivity contribution >= 4 is 16.7 Å². The molecule has 0 N–H and O–H groups in total. The minimum atomic E-state index is 0.140. The predicted molar refractivity (Wildman–Crippen MR) is 136 cm³/mol. The Kier molecular flexibility index (Phi) is 7.09. The number of allylic oxidation sites excluding steroid dienone is 1. The molecule has 3 aromatic carbocycles. The van der Waals surface area contributed by atoms with E-state index < -0.39 is 0 Å². The molecule has 0 radical (unpaired) electrons. The van der Waals surface area contributed by atoms with E-state index in [0.717, 1.165) is 30.7 Å². The van der Waals surface area contributed by atoms with E-state index >= 15 is 0 Å². The molecule has 0 saturated heterocycles. The van der Waals surface area contributed by atoms with Crippen LogP contribution in [0.4, 0.5) is 0 Å². The Bertz CT molecular complexity index is 1280. The van der Waals surface area contributed by atoms with Crippen LogP contribution in [-0.4, -0.2) is 17.5 Å². The van der Waals surface area contributed by atoms with Gasteiger partial charge in [0.1, 0.15) is 5.75 Å². The molecule has 0 saturated carbocycles. The number of aryl methyl sites for hydroxylation is 2. The maximum atomic E-state index is 12.7. The number of carbonyl (C=O) groups is 1. The van der Waals surface area contributed by atoms with E-state index in [1.165, 1.54) is 27.6 Å². The molecular formula is C30H31NO2. The summed E-state index contributed by atoms with van der Waals surface area (Å²) in [7, 11) is 1.65. The van der Waals surface area contributed by atoms with Crippen molar-refractivity contribution in [3.8, 4) is 5.75 Å². The number of fused-ring (bicyclic) bond motifs is 1. The summed E-state index contributed by atoms with van der Waals surface area (Å²) in [5, 5.41) is 1.27. The second-order valence-corrected chi connectivity index (χ2v) is 8.63. The Morgan fingerprint density at radius 1 is 0.970 bits per heavy atom. The summed E-state index contributed by atoms with van der Waals surface area (Å²) in [4.78, 5) is 12.7. The van der Waals surface area contributed by atoms with Crippen molar-refractivity contribution in [2.75, 3.05) is 7.11 Å². The fraction of sp³-hybridized carbons (Fsp3) is 0.233. The van der Waals surface area contributed by atoms with Gasteiger partial charge in [0, 0.05) is 36.5 Å². The van der Waals surface area contributed by atoms with Crippen molar-refractivity contribution in [1.29, 1.82) is 0 Å². The van der Waals surface area contributed by atoms with Crippen LogP contribution in [0.5, 0.6) is 5.75 Å². The lowest BCUT2D eigenvalue weighted by Gasteiger charge is -2.08. The van der Waals surface area contributed by atoms with Gasteiger partial charge in [-0.3, -0.25) is 4.79 Å². The lowest BCUT2D eigenvalue weighted by molar-refractivity contribution is -0.115. The molecule has 0 bridgehead atoms. The topological polar surface area (TPSA) is 31.2 Å². The van der Waals surface area contributed by atoms with Crippen LogP contribution in [-0.2, 0) is 24.2 Å². The first-order valence-corrected chi connectivity index (χ1v) is 11.5. The summed E-state index contributed by atoms with van der Waals surface area (Å²) >= 11 is 0. The van der Waals surface area contributed by atoms with E-state index in [2.05, 4.69) is 72.8 Å². The van der Waals surface area contributed by atoms with Crippen LogP contribution in [0.3, 0.4) is 0 Å². The molecule has 33 heavy (non-hydrogen) atoms. The molecular weight excluding hydrogens is 406 g/mol. The molecule has 168 valence electrons. The van der Waals surface area contributed by atoms with Crippen LogP contribution in [0.1, 0.15) is 35.1 Å². The number of para-hydroxylation sites is 1. The highest BCUT2D eigenvalue weighted by Gasteiger charge is 2.12. The molecule has 3 heteroatoms. The van der Waals surface area contributed by atoms with E-state index in [1.54, 1.807) is 7.11 Å². The van der Waals surface area contributed by atoms with Crippen molar-refractivity contribution in [3.05, 3.63) is 113 Å². The number of ketones is 1. The minimum absolute atomic E-state index is 0.140. The molecule has 4 aromatic rings. The number of ether oxygens (including phenoxy) is 1. The van der Waals surface area contributed by atoms with Crippen molar-refractivity contribution < 1.29 is 9.53 Å². The number of aromatic nitrogens is 1. The average Bonchev–Trinajstić information content (AvgIpc) is 3.18. The van der Waals surface area contributed by atoms with Gasteiger partial charge >= 0.3 is 0 Å². The number of hydrogen-bond donors (Lipinski definition) is 0. The molecule has 0 amide bonds. The predicted octanol–water partition coefficient (Wildman–Crippen LogP) is 6.70. The van der Waals surface area contributed by atoms with Gasteiger partial charge in [-0.2, -0.15) is 0 Å². The fourth-order valence-corrected chi connectivity index (χ4v) is 4.37. The molecule has 4 rings (SSSR count). The summed E-state index contributed by atoms with van der Waals surface area (Å²) in [6.07, 6.45) is 5.02. The van der Waals surface area contributed by atoms with E-state index in [0.29, 0.717) is 18.4 Å². The smallest absolute Gasteiger partial charge is 0.158 e. The zero-order valence-corrected chi connectivity index (χ0v) is 19.5. The first kappa shape index (κ1) is 22.6. The maximum absolute atomic E-state index is 12.7. The van der Waals surface area contributed by atoms with E-state index in [4.69, 9.17) is 4.74 Å². The molecule has 0 atom stereocenters. The van der Waals surface area contributed by atoms with Crippen molar-refractivity contribution in [3.63, 3.8) is 0 Å². The Morgan fingerprint density at radius 2 is 1.76 bits per heavy atom. The Labute approximate surface area is 196 Å². The molecule has 0 aliphatic heterocycles. The minimum Gasteiger partial charge on any atom is -0.497 e. The van der Waals surface area contributed by atoms with Gasteiger partial charge in [0.15, 0.2) is 5.78 Å². The second kappa shape index (κ2) is 10.4. The highest BCUT2D eigenvalue weighted by atomic mass is 16.5. The lowest BCUT2D eigenvalue weighted by atomic mass is 9.98. The third-order valence-corrected chi connectivity index (χ3v) is 6.27. The quantitative estimate of drug-likeness (QED) is 0.259. The van der Waals surface area contributed by atoms with Crippen LogP contribution in [0.2, 0.25) is 0 Å². The number of methoxy groups -OCH3 is 1. The van der Waals surface area contributed by atoms with Crippen molar-refractivity contribution in [1.82, 2.24) is 4.57 Å². The number of nitrogens with zero attached hydrogens (tertiary/aromatic N) is 1. The van der Waals surface area contributed by atoms with Crippen LogP contribution >= 0.6 is 0 Å². The Hall–Kier alpha value is -3.59. The third kappa shape index (κ3) is 5.43. The van der Waals surface area contributed by atoms with Gasteiger partial charge in [0.25, 0.3) is 0 Å². The third-order valence-electron chi connectivity index (χ3n) is 6.27. The zero-order valence-electron chi connectivity index (χ0n) is 19.5. The number of rotatable bonds is 10. The normalized spacial score (nSPS) is 11.0. The van der Waals surface area contributed by atoms with E-state index in [1.807, 2.05) is 24.3 Å². The summed E-state index contributed by atoms with van der Waals surface area (Å²) < 4.78 is 7.61. The molecule has 0 aliphatic carbocycles. The Balaban J connectivity index is 1.40. The van der Waals surface area contributed by atoms with Crippen LogP contribution in [0.25, 0.3) is 10.9 Å². The molecule has 0 spiro atoms. The fourth-order valence-electron chi connectivity index (χ4n) is 4.37. The number of Topliss-reactive ketones (excluding diaryl/α,β-unsaturated/α-hetero) is 1. The molecule has 1 aromatic heterocycles. The number of hydrogen-bond acceptors (Lipinski definition) is 2. The van der Waals surface area contributed by atoms with Gasteiger partial charge in [-0.05, 0) is 65.8 Å². The lowest BCUT2D eigenvalue weighted by Crippen LogP contribution is -2.05. The summed E-state index contributed by atoms with van der Waals surface area (Å²) in [6, 6.07) is 24.9. The first-order chi connectivity index (χ1) is 16.0. The average molecular weight is 438 g/mol. The number of benzene rings is 3. The van der Waals surface area contributed by atoms with Gasteiger partial charge in [0.05, 0.1) is 7.11 Å². The highest BCUT2D eigenvalue weighted by Crippen LogP contribution is 2.25.